The maximum Gasteiger partial charge on any atom is 0.252 e. The average molecular weight is 415 g/mol. The Balaban J connectivity index is 1.47. The van der Waals surface area contributed by atoms with E-state index < -0.39 is 0 Å². The van der Waals surface area contributed by atoms with Crippen LogP contribution in [0.25, 0.3) is 0 Å². The van der Waals surface area contributed by atoms with Gasteiger partial charge < -0.3 is 20.3 Å². The fourth-order valence-corrected chi connectivity index (χ4v) is 3.68. The number of carbonyl (C=O) groups excluding carboxylic acids is 2. The minimum atomic E-state index is -0.191. The van der Waals surface area contributed by atoms with Gasteiger partial charge in [-0.3, -0.25) is 9.59 Å². The summed E-state index contributed by atoms with van der Waals surface area (Å²) in [5, 5.41) is 6.60. The van der Waals surface area contributed by atoms with E-state index in [2.05, 4.69) is 15.6 Å². The Morgan fingerprint density at radius 3 is 2.93 bits per heavy atom. The molecule has 2 aromatic rings. The highest BCUT2D eigenvalue weighted by Gasteiger charge is 2.26. The van der Waals surface area contributed by atoms with Crippen LogP contribution in [0.4, 0.5) is 11.5 Å². The lowest BCUT2D eigenvalue weighted by molar-refractivity contribution is -0.117. The smallest absolute Gasteiger partial charge is 0.252 e. The minimum Gasteiger partial charge on any atom is -0.381 e. The van der Waals surface area contributed by atoms with Gasteiger partial charge in [-0.1, -0.05) is 23.7 Å². The molecule has 2 amide bonds. The van der Waals surface area contributed by atoms with Crippen LogP contribution in [0.2, 0.25) is 5.02 Å². The van der Waals surface area contributed by atoms with Crippen LogP contribution in [0.1, 0.15) is 28.8 Å². The van der Waals surface area contributed by atoms with E-state index in [4.69, 9.17) is 16.3 Å². The molecule has 0 radical (unpaired) electrons. The normalized spacial score (nSPS) is 18.3. The Morgan fingerprint density at radius 2 is 2.17 bits per heavy atom. The van der Waals surface area contributed by atoms with E-state index in [0.29, 0.717) is 41.1 Å². The largest absolute Gasteiger partial charge is 0.381 e. The van der Waals surface area contributed by atoms with E-state index >= 15 is 0 Å². The number of pyridine rings is 1. The standard InChI is InChI=1S/C21H23ClN4O3/c22-17-3-1-14(2-4-17)12-26-18-9-16(10-24-20(18)25-11-19(26)27)21(28)23-7-5-15-6-8-29-13-15/h1-4,9-10,15H,5-8,11-13H2,(H,23,28)(H,24,25). The highest BCUT2D eigenvalue weighted by Crippen LogP contribution is 2.30. The van der Waals surface area contributed by atoms with Crippen molar-refractivity contribution in [3.63, 3.8) is 0 Å². The fraction of sp³-hybridized carbons (Fsp3) is 0.381. The molecule has 8 heteroatoms. The van der Waals surface area contributed by atoms with Gasteiger partial charge in [0.05, 0.1) is 24.3 Å². The maximum atomic E-state index is 12.6. The number of halogens is 1. The fourth-order valence-electron chi connectivity index (χ4n) is 3.56. The molecule has 0 saturated carbocycles. The molecule has 1 unspecified atom stereocenters. The highest BCUT2D eigenvalue weighted by atomic mass is 35.5. The molecule has 0 bridgehead atoms. The third kappa shape index (κ3) is 4.68. The van der Waals surface area contributed by atoms with Crippen LogP contribution < -0.4 is 15.5 Å². The second kappa shape index (κ2) is 8.80. The molecule has 0 spiro atoms. The van der Waals surface area contributed by atoms with Crippen LogP contribution in [-0.2, 0) is 16.1 Å². The van der Waals surface area contributed by atoms with Gasteiger partial charge in [-0.05, 0) is 42.5 Å². The Bertz CT molecular complexity index is 897. The third-order valence-electron chi connectivity index (χ3n) is 5.24. The SMILES string of the molecule is O=C(NCCC1CCOC1)c1cnc2c(c1)N(Cc1ccc(Cl)cc1)C(=O)CN2. The number of anilines is 2. The topological polar surface area (TPSA) is 83.6 Å². The number of rotatable bonds is 6. The van der Waals surface area contributed by atoms with Crippen LogP contribution in [0, 0.1) is 5.92 Å². The molecule has 29 heavy (non-hydrogen) atoms. The zero-order valence-corrected chi connectivity index (χ0v) is 16.7. The quantitative estimate of drug-likeness (QED) is 0.759. The molecule has 152 valence electrons. The zero-order valence-electron chi connectivity index (χ0n) is 16.0. The van der Waals surface area contributed by atoms with E-state index in [1.54, 1.807) is 23.1 Å². The maximum absolute atomic E-state index is 12.6. The summed E-state index contributed by atoms with van der Waals surface area (Å²) >= 11 is 5.95. The van der Waals surface area contributed by atoms with Crippen molar-refractivity contribution in [3.05, 3.63) is 52.7 Å². The molecule has 7 nitrogen and oxygen atoms in total. The molecule has 1 saturated heterocycles. The number of fused-ring (bicyclic) bond motifs is 1. The summed E-state index contributed by atoms with van der Waals surface area (Å²) in [5.74, 6) is 0.837. The van der Waals surface area contributed by atoms with Gasteiger partial charge in [0.2, 0.25) is 5.91 Å². The summed E-state index contributed by atoms with van der Waals surface area (Å²) in [7, 11) is 0. The van der Waals surface area contributed by atoms with E-state index in [9.17, 15) is 9.59 Å². The molecular weight excluding hydrogens is 392 g/mol. The monoisotopic (exact) mass is 414 g/mol. The number of hydrogen-bond donors (Lipinski definition) is 2. The van der Waals surface area contributed by atoms with Gasteiger partial charge in [-0.2, -0.15) is 0 Å². The van der Waals surface area contributed by atoms with Gasteiger partial charge >= 0.3 is 0 Å². The highest BCUT2D eigenvalue weighted by molar-refractivity contribution is 6.30. The lowest BCUT2D eigenvalue weighted by atomic mass is 10.1. The van der Waals surface area contributed by atoms with Gasteiger partial charge in [-0.25, -0.2) is 4.98 Å². The van der Waals surface area contributed by atoms with Crippen LogP contribution in [0.5, 0.6) is 0 Å². The van der Waals surface area contributed by atoms with Crippen LogP contribution >= 0.6 is 11.6 Å². The minimum absolute atomic E-state index is 0.0759. The summed E-state index contributed by atoms with van der Waals surface area (Å²) in [6, 6.07) is 9.07. The van der Waals surface area contributed by atoms with Crippen molar-refractivity contribution in [2.75, 3.05) is 36.5 Å². The molecule has 1 aromatic carbocycles. The van der Waals surface area contributed by atoms with E-state index in [1.807, 2.05) is 12.1 Å². The van der Waals surface area contributed by atoms with Crippen molar-refractivity contribution in [3.8, 4) is 0 Å². The number of amides is 2. The first kappa shape index (κ1) is 19.7. The Hall–Kier alpha value is -2.64. The molecular formula is C21H23ClN4O3. The number of nitrogens with one attached hydrogen (secondary N) is 2. The molecule has 2 aliphatic heterocycles. The number of hydrogen-bond acceptors (Lipinski definition) is 5. The number of nitrogens with zero attached hydrogens (tertiary/aromatic N) is 2. The summed E-state index contributed by atoms with van der Waals surface area (Å²) in [4.78, 5) is 31.1. The number of carbonyl (C=O) groups is 2. The van der Waals surface area contributed by atoms with Crippen molar-refractivity contribution in [2.45, 2.75) is 19.4 Å². The first-order valence-electron chi connectivity index (χ1n) is 9.75. The first-order valence-corrected chi connectivity index (χ1v) is 10.1. The third-order valence-corrected chi connectivity index (χ3v) is 5.50. The molecule has 1 aromatic heterocycles. The van der Waals surface area contributed by atoms with Gasteiger partial charge in [0.15, 0.2) is 5.82 Å². The van der Waals surface area contributed by atoms with E-state index in [0.717, 1.165) is 31.6 Å². The molecule has 0 aliphatic carbocycles. The van der Waals surface area contributed by atoms with Crippen molar-refractivity contribution >= 4 is 34.9 Å². The molecule has 1 atom stereocenters. The predicted octanol–water partition coefficient (Wildman–Crippen LogP) is 2.85. The summed E-state index contributed by atoms with van der Waals surface area (Å²) in [6.45, 7) is 2.72. The van der Waals surface area contributed by atoms with Crippen molar-refractivity contribution < 1.29 is 14.3 Å². The first-order chi connectivity index (χ1) is 14.1. The zero-order chi connectivity index (χ0) is 20.2. The Labute approximate surface area is 174 Å². The van der Waals surface area contributed by atoms with E-state index in [-0.39, 0.29) is 18.4 Å². The second-order valence-corrected chi connectivity index (χ2v) is 7.76. The Kier molecular flexibility index (Phi) is 5.97. The van der Waals surface area contributed by atoms with Crippen LogP contribution in [0.3, 0.4) is 0 Å². The summed E-state index contributed by atoms with van der Waals surface area (Å²) in [5.41, 5.74) is 1.99. The molecule has 2 aliphatic rings. The number of ether oxygens (including phenoxy) is 1. The number of aromatic nitrogens is 1. The predicted molar refractivity (Wildman–Crippen MR) is 111 cm³/mol. The van der Waals surface area contributed by atoms with Crippen molar-refractivity contribution in [2.24, 2.45) is 5.92 Å². The second-order valence-electron chi connectivity index (χ2n) is 7.33. The van der Waals surface area contributed by atoms with Gasteiger partial charge in [0.1, 0.15) is 0 Å². The lowest BCUT2D eigenvalue weighted by Crippen LogP contribution is -2.40. The van der Waals surface area contributed by atoms with Crippen molar-refractivity contribution in [1.82, 2.24) is 10.3 Å². The molecule has 2 N–H and O–H groups in total. The summed E-state index contributed by atoms with van der Waals surface area (Å²) < 4.78 is 5.36. The van der Waals surface area contributed by atoms with Gasteiger partial charge in [-0.15, -0.1) is 0 Å². The van der Waals surface area contributed by atoms with E-state index in [1.165, 1.54) is 6.20 Å². The Morgan fingerprint density at radius 1 is 1.34 bits per heavy atom. The van der Waals surface area contributed by atoms with Gasteiger partial charge in [0.25, 0.3) is 5.91 Å². The number of benzene rings is 1. The molecule has 4 rings (SSSR count). The van der Waals surface area contributed by atoms with Crippen LogP contribution in [0.15, 0.2) is 36.5 Å². The molecule has 3 heterocycles. The van der Waals surface area contributed by atoms with Crippen molar-refractivity contribution in [1.29, 1.82) is 0 Å². The van der Waals surface area contributed by atoms with Crippen LogP contribution in [-0.4, -0.2) is 43.1 Å². The van der Waals surface area contributed by atoms with Gasteiger partial charge in [0, 0.05) is 31.0 Å². The molecule has 1 fully saturated rings. The summed E-state index contributed by atoms with van der Waals surface area (Å²) in [6.07, 6.45) is 3.48. The average Bonchev–Trinajstić information content (AvgIpc) is 3.25. The lowest BCUT2D eigenvalue weighted by Gasteiger charge is -2.29.